The van der Waals surface area contributed by atoms with Crippen molar-refractivity contribution in [3.05, 3.63) is 41.5 Å². The highest BCUT2D eigenvalue weighted by Crippen LogP contribution is 2.28. The maximum absolute atomic E-state index is 12.1. The van der Waals surface area contributed by atoms with Crippen molar-refractivity contribution < 1.29 is 4.79 Å². The van der Waals surface area contributed by atoms with Crippen LogP contribution in [0.5, 0.6) is 0 Å². The molecule has 0 N–H and O–H groups in total. The molecule has 0 saturated carbocycles. The van der Waals surface area contributed by atoms with E-state index in [9.17, 15) is 10.1 Å². The Morgan fingerprint density at radius 3 is 2.67 bits per heavy atom. The van der Waals surface area contributed by atoms with E-state index in [2.05, 4.69) is 11.1 Å². The summed E-state index contributed by atoms with van der Waals surface area (Å²) in [5.41, 5.74) is 3.77. The summed E-state index contributed by atoms with van der Waals surface area (Å²) in [6, 6.07) is 11.9. The van der Waals surface area contributed by atoms with E-state index in [4.69, 9.17) is 0 Å². The highest BCUT2D eigenvalue weighted by Gasteiger charge is 2.18. The van der Waals surface area contributed by atoms with Crippen LogP contribution in [0.4, 0.5) is 5.82 Å². The molecular weight excluding hydrogens is 302 g/mol. The molecule has 3 rings (SSSR count). The summed E-state index contributed by atoms with van der Waals surface area (Å²) in [6.07, 6.45) is 0. The van der Waals surface area contributed by atoms with Gasteiger partial charge in [0.2, 0.25) is 5.91 Å². The molecule has 3 aromatic rings. The van der Waals surface area contributed by atoms with Crippen molar-refractivity contribution in [1.82, 2.24) is 14.3 Å². The molecule has 24 heavy (non-hydrogen) atoms. The first kappa shape index (κ1) is 15.8. The molecule has 0 unspecified atom stereocenters. The Kier molecular flexibility index (Phi) is 3.86. The molecule has 1 aromatic carbocycles. The van der Waals surface area contributed by atoms with Crippen molar-refractivity contribution in [2.45, 2.75) is 6.92 Å². The van der Waals surface area contributed by atoms with Gasteiger partial charge in [-0.1, -0.05) is 12.1 Å². The summed E-state index contributed by atoms with van der Waals surface area (Å²) in [7, 11) is 5.35. The molecule has 6 heteroatoms. The molecule has 122 valence electrons. The first-order valence-corrected chi connectivity index (χ1v) is 7.66. The number of anilines is 1. The molecule has 2 heterocycles. The second-order valence-electron chi connectivity index (χ2n) is 6.08. The normalized spacial score (nSPS) is 10.8. The number of rotatable bonds is 3. The van der Waals surface area contributed by atoms with Gasteiger partial charge in [0.25, 0.3) is 0 Å². The molecule has 0 aliphatic carbocycles. The highest BCUT2D eigenvalue weighted by atomic mass is 16.2. The number of carbonyl (C=O) groups excluding carboxylic acids is 1. The molecular formula is C18H19N5O. The Morgan fingerprint density at radius 1 is 1.29 bits per heavy atom. The van der Waals surface area contributed by atoms with Crippen molar-refractivity contribution in [3.8, 4) is 6.07 Å². The van der Waals surface area contributed by atoms with E-state index in [1.807, 2.05) is 53.6 Å². The lowest BCUT2D eigenvalue weighted by Gasteiger charge is -2.23. The molecule has 0 radical (unpaired) electrons. The second kappa shape index (κ2) is 5.85. The molecule has 2 aromatic heterocycles. The number of imidazole rings is 1. The molecule has 6 nitrogen and oxygen atoms in total. The Morgan fingerprint density at radius 2 is 2.00 bits per heavy atom. The third-order valence-corrected chi connectivity index (χ3v) is 4.13. The van der Waals surface area contributed by atoms with Gasteiger partial charge >= 0.3 is 0 Å². The number of aromatic nitrogens is 2. The summed E-state index contributed by atoms with van der Waals surface area (Å²) in [6.45, 7) is 2.14. The minimum Gasteiger partial charge on any atom is -0.351 e. The lowest BCUT2D eigenvalue weighted by molar-refractivity contribution is -0.127. The minimum atomic E-state index is 0.0112. The Hall–Kier alpha value is -3.07. The Labute approximate surface area is 140 Å². The van der Waals surface area contributed by atoms with Crippen LogP contribution in [0.25, 0.3) is 16.7 Å². The van der Waals surface area contributed by atoms with Crippen molar-refractivity contribution in [1.29, 1.82) is 5.26 Å². The topological polar surface area (TPSA) is 64.6 Å². The van der Waals surface area contributed by atoms with Gasteiger partial charge in [0.1, 0.15) is 11.9 Å². The third kappa shape index (κ3) is 2.44. The SMILES string of the molecule is Cc1cc(N(C)CC(=O)N(C)C)n2c(nc3ccccc32)c1C#N. The monoisotopic (exact) mass is 321 g/mol. The number of nitrogens with zero attached hydrogens (tertiary/aromatic N) is 5. The zero-order valence-corrected chi connectivity index (χ0v) is 14.2. The van der Waals surface area contributed by atoms with Crippen molar-refractivity contribution in [3.63, 3.8) is 0 Å². The first-order chi connectivity index (χ1) is 11.4. The smallest absolute Gasteiger partial charge is 0.241 e. The predicted octanol–water partition coefficient (Wildman–Crippen LogP) is 2.19. The van der Waals surface area contributed by atoms with E-state index in [1.54, 1.807) is 19.0 Å². The van der Waals surface area contributed by atoms with Gasteiger partial charge in [0, 0.05) is 21.1 Å². The first-order valence-electron chi connectivity index (χ1n) is 7.66. The lowest BCUT2D eigenvalue weighted by Crippen LogP contribution is -2.35. The minimum absolute atomic E-state index is 0.0112. The number of benzene rings is 1. The number of para-hydroxylation sites is 2. The summed E-state index contributed by atoms with van der Waals surface area (Å²) in [5, 5.41) is 9.51. The number of likely N-dealkylation sites (N-methyl/N-ethyl adjacent to an activating group) is 2. The van der Waals surface area contributed by atoms with Crippen LogP contribution in [0.15, 0.2) is 30.3 Å². The number of fused-ring (bicyclic) bond motifs is 3. The van der Waals surface area contributed by atoms with Crippen molar-refractivity contribution >= 4 is 28.4 Å². The third-order valence-electron chi connectivity index (χ3n) is 4.13. The second-order valence-corrected chi connectivity index (χ2v) is 6.08. The maximum atomic E-state index is 12.1. The van der Waals surface area contributed by atoms with E-state index in [-0.39, 0.29) is 12.5 Å². The van der Waals surface area contributed by atoms with Crippen LogP contribution < -0.4 is 4.90 Å². The number of carbonyl (C=O) groups is 1. The number of hydrogen-bond donors (Lipinski definition) is 0. The largest absolute Gasteiger partial charge is 0.351 e. The van der Waals surface area contributed by atoms with Crippen LogP contribution >= 0.6 is 0 Å². The molecule has 0 aliphatic rings. The van der Waals surface area contributed by atoms with Gasteiger partial charge in [-0.15, -0.1) is 0 Å². The molecule has 1 amide bonds. The van der Waals surface area contributed by atoms with Crippen LogP contribution in [0.2, 0.25) is 0 Å². The van der Waals surface area contributed by atoms with E-state index in [0.717, 1.165) is 22.4 Å². The number of pyridine rings is 1. The fourth-order valence-electron chi connectivity index (χ4n) is 2.78. The van der Waals surface area contributed by atoms with Gasteiger partial charge in [0.15, 0.2) is 5.65 Å². The predicted molar refractivity (Wildman–Crippen MR) is 94.1 cm³/mol. The highest BCUT2D eigenvalue weighted by molar-refractivity contribution is 5.86. The number of amides is 1. The van der Waals surface area contributed by atoms with Gasteiger partial charge in [-0.3, -0.25) is 9.20 Å². The summed E-state index contributed by atoms with van der Waals surface area (Å²) >= 11 is 0. The van der Waals surface area contributed by atoms with Crippen LogP contribution in [0.1, 0.15) is 11.1 Å². The average molecular weight is 321 g/mol. The van der Waals surface area contributed by atoms with Crippen LogP contribution in [-0.4, -0.2) is 47.9 Å². The van der Waals surface area contributed by atoms with Gasteiger partial charge in [-0.05, 0) is 30.7 Å². The van der Waals surface area contributed by atoms with Crippen LogP contribution in [0.3, 0.4) is 0 Å². The quantitative estimate of drug-likeness (QED) is 0.742. The average Bonchev–Trinajstić information content (AvgIpc) is 2.92. The van der Waals surface area contributed by atoms with Gasteiger partial charge in [0.05, 0.1) is 23.1 Å². The zero-order valence-electron chi connectivity index (χ0n) is 14.2. The van der Waals surface area contributed by atoms with Gasteiger partial charge in [-0.25, -0.2) is 4.98 Å². The molecule has 0 aliphatic heterocycles. The van der Waals surface area contributed by atoms with E-state index in [0.29, 0.717) is 11.2 Å². The standard InChI is InChI=1S/C18H19N5O/c1-12-9-16(22(4)11-17(24)21(2)3)23-15-8-6-5-7-14(15)20-18(23)13(12)10-19/h5-9H,11H2,1-4H3. The Bertz CT molecular complexity index is 980. The number of nitriles is 1. The Balaban J connectivity index is 2.28. The summed E-state index contributed by atoms with van der Waals surface area (Å²) in [5.74, 6) is 0.850. The fourth-order valence-corrected chi connectivity index (χ4v) is 2.78. The number of hydrogen-bond acceptors (Lipinski definition) is 4. The van der Waals surface area contributed by atoms with Gasteiger partial charge in [-0.2, -0.15) is 5.26 Å². The molecule has 0 spiro atoms. The molecule has 0 atom stereocenters. The summed E-state index contributed by atoms with van der Waals surface area (Å²) in [4.78, 5) is 20.2. The van der Waals surface area contributed by atoms with E-state index in [1.165, 1.54) is 0 Å². The maximum Gasteiger partial charge on any atom is 0.241 e. The van der Waals surface area contributed by atoms with E-state index >= 15 is 0 Å². The molecule has 0 saturated heterocycles. The van der Waals surface area contributed by atoms with Gasteiger partial charge < -0.3 is 9.80 Å². The zero-order chi connectivity index (χ0) is 17.4. The fraction of sp³-hybridized carbons (Fsp3) is 0.278. The van der Waals surface area contributed by atoms with Crippen LogP contribution in [0, 0.1) is 18.3 Å². The van der Waals surface area contributed by atoms with Crippen molar-refractivity contribution in [2.75, 3.05) is 32.6 Å². The molecule has 0 fully saturated rings. The van der Waals surface area contributed by atoms with E-state index < -0.39 is 0 Å². The lowest BCUT2D eigenvalue weighted by atomic mass is 10.1. The van der Waals surface area contributed by atoms with Crippen LogP contribution in [-0.2, 0) is 4.79 Å². The van der Waals surface area contributed by atoms with Crippen molar-refractivity contribution in [2.24, 2.45) is 0 Å². The summed E-state index contributed by atoms with van der Waals surface area (Å²) < 4.78 is 1.95. The number of aryl methyl sites for hydroxylation is 1. The molecule has 0 bridgehead atoms.